The highest BCUT2D eigenvalue weighted by Gasteiger charge is 2.19. The molecule has 0 aliphatic carbocycles. The first-order chi connectivity index (χ1) is 15.1. The van der Waals surface area contributed by atoms with E-state index in [1.165, 1.54) is 0 Å². The number of hydrogen-bond donors (Lipinski definition) is 2. The Kier molecular flexibility index (Phi) is 6.33. The molecule has 1 heterocycles. The minimum Gasteiger partial charge on any atom is -0.481 e. The molecule has 0 spiro atoms. The fourth-order valence-electron chi connectivity index (χ4n) is 3.44. The zero-order chi connectivity index (χ0) is 21.6. The Bertz CT molecular complexity index is 1150. The SMILES string of the molecule is O=C(O)CSc1nc2ccccc2n1CC(=O)NC(c1ccccc1)c1ccccc1. The molecular formula is C24H21N3O3S. The third kappa shape index (κ3) is 4.95. The number of para-hydroxylation sites is 2. The third-order valence-corrected chi connectivity index (χ3v) is 5.78. The van der Waals surface area contributed by atoms with Crippen LogP contribution in [-0.4, -0.2) is 32.3 Å². The van der Waals surface area contributed by atoms with Crippen molar-refractivity contribution in [1.29, 1.82) is 0 Å². The van der Waals surface area contributed by atoms with Gasteiger partial charge in [0.1, 0.15) is 6.54 Å². The Morgan fingerprint density at radius 1 is 0.903 bits per heavy atom. The van der Waals surface area contributed by atoms with Crippen LogP contribution in [0.2, 0.25) is 0 Å². The third-order valence-electron chi connectivity index (χ3n) is 4.82. The summed E-state index contributed by atoms with van der Waals surface area (Å²) in [5.41, 5.74) is 3.49. The second-order valence-electron chi connectivity index (χ2n) is 6.97. The average molecular weight is 432 g/mol. The number of carbonyl (C=O) groups is 2. The van der Waals surface area contributed by atoms with Crippen molar-refractivity contribution in [2.45, 2.75) is 17.7 Å². The summed E-state index contributed by atoms with van der Waals surface area (Å²) in [4.78, 5) is 28.7. The number of rotatable bonds is 8. The normalized spacial score (nSPS) is 11.0. The maximum Gasteiger partial charge on any atom is 0.313 e. The average Bonchev–Trinajstić information content (AvgIpc) is 3.14. The molecule has 6 nitrogen and oxygen atoms in total. The summed E-state index contributed by atoms with van der Waals surface area (Å²) in [7, 11) is 0. The number of fused-ring (bicyclic) bond motifs is 1. The zero-order valence-electron chi connectivity index (χ0n) is 16.6. The summed E-state index contributed by atoms with van der Waals surface area (Å²) >= 11 is 1.11. The number of carboxylic acid groups (broad SMARTS) is 1. The van der Waals surface area contributed by atoms with Crippen LogP contribution in [0.25, 0.3) is 11.0 Å². The van der Waals surface area contributed by atoms with Gasteiger partial charge in [-0.15, -0.1) is 0 Å². The molecule has 2 N–H and O–H groups in total. The van der Waals surface area contributed by atoms with E-state index in [9.17, 15) is 9.59 Å². The molecule has 0 aliphatic heterocycles. The molecule has 156 valence electrons. The van der Waals surface area contributed by atoms with Gasteiger partial charge < -0.3 is 15.0 Å². The first kappa shape index (κ1) is 20.7. The highest BCUT2D eigenvalue weighted by atomic mass is 32.2. The van der Waals surface area contributed by atoms with E-state index in [2.05, 4.69) is 10.3 Å². The number of aliphatic carboxylic acids is 1. The van der Waals surface area contributed by atoms with Crippen LogP contribution in [0, 0.1) is 0 Å². The van der Waals surface area contributed by atoms with Gasteiger partial charge in [0.05, 0.1) is 22.8 Å². The summed E-state index contributed by atoms with van der Waals surface area (Å²) in [5.74, 6) is -1.24. The fourth-order valence-corrected chi connectivity index (χ4v) is 4.18. The van der Waals surface area contributed by atoms with Crippen LogP contribution in [0.15, 0.2) is 90.1 Å². The maximum atomic E-state index is 13.1. The van der Waals surface area contributed by atoms with Crippen molar-refractivity contribution in [3.8, 4) is 0 Å². The van der Waals surface area contributed by atoms with E-state index in [0.29, 0.717) is 5.16 Å². The van der Waals surface area contributed by atoms with Crippen molar-refractivity contribution in [2.24, 2.45) is 0 Å². The predicted octanol–water partition coefficient (Wildman–Crippen LogP) is 4.12. The van der Waals surface area contributed by atoms with Crippen molar-refractivity contribution < 1.29 is 14.7 Å². The van der Waals surface area contributed by atoms with Crippen molar-refractivity contribution in [3.63, 3.8) is 0 Å². The number of aromatic nitrogens is 2. The molecule has 0 aliphatic rings. The molecule has 0 atom stereocenters. The van der Waals surface area contributed by atoms with Crippen LogP contribution in [0.5, 0.6) is 0 Å². The van der Waals surface area contributed by atoms with Crippen molar-refractivity contribution in [1.82, 2.24) is 14.9 Å². The Morgan fingerprint density at radius 2 is 1.48 bits per heavy atom. The van der Waals surface area contributed by atoms with E-state index in [0.717, 1.165) is 33.9 Å². The highest BCUT2D eigenvalue weighted by molar-refractivity contribution is 7.99. The van der Waals surface area contributed by atoms with Gasteiger partial charge in [0.15, 0.2) is 5.16 Å². The number of carboxylic acids is 1. The molecule has 0 unspecified atom stereocenters. The van der Waals surface area contributed by atoms with Crippen LogP contribution < -0.4 is 5.32 Å². The first-order valence-corrected chi connectivity index (χ1v) is 10.8. The smallest absolute Gasteiger partial charge is 0.313 e. The fraction of sp³-hybridized carbons (Fsp3) is 0.125. The van der Waals surface area contributed by atoms with Crippen LogP contribution in [-0.2, 0) is 16.1 Å². The van der Waals surface area contributed by atoms with E-state index >= 15 is 0 Å². The lowest BCUT2D eigenvalue weighted by atomic mass is 9.99. The molecule has 0 saturated heterocycles. The molecule has 31 heavy (non-hydrogen) atoms. The van der Waals surface area contributed by atoms with Gasteiger partial charge in [0.25, 0.3) is 0 Å². The van der Waals surface area contributed by atoms with Crippen molar-refractivity contribution in [2.75, 3.05) is 5.75 Å². The van der Waals surface area contributed by atoms with Gasteiger partial charge in [-0.1, -0.05) is 84.6 Å². The van der Waals surface area contributed by atoms with E-state index in [4.69, 9.17) is 5.11 Å². The van der Waals surface area contributed by atoms with E-state index in [1.54, 1.807) is 4.57 Å². The minimum atomic E-state index is -0.929. The lowest BCUT2D eigenvalue weighted by Gasteiger charge is -2.20. The molecule has 0 bridgehead atoms. The standard InChI is InChI=1S/C24H21N3O3S/c28-21(26-23(17-9-3-1-4-10-17)18-11-5-2-6-12-18)15-27-20-14-8-7-13-19(20)25-24(27)31-16-22(29)30/h1-14,23H,15-16H2,(H,26,28)(H,29,30). The molecule has 4 rings (SSSR count). The van der Waals surface area contributed by atoms with E-state index in [1.807, 2.05) is 84.9 Å². The monoisotopic (exact) mass is 431 g/mol. The quantitative estimate of drug-likeness (QED) is 0.410. The lowest BCUT2D eigenvalue weighted by molar-refractivity contribution is -0.133. The van der Waals surface area contributed by atoms with Gasteiger partial charge in [0, 0.05) is 0 Å². The predicted molar refractivity (Wildman–Crippen MR) is 121 cm³/mol. The molecule has 7 heteroatoms. The molecule has 1 amide bonds. The Hall–Kier alpha value is -3.58. The second kappa shape index (κ2) is 9.49. The summed E-state index contributed by atoms with van der Waals surface area (Å²) in [5, 5.41) is 12.7. The maximum absolute atomic E-state index is 13.1. The van der Waals surface area contributed by atoms with Crippen LogP contribution in [0.1, 0.15) is 17.2 Å². The number of thioether (sulfide) groups is 1. The van der Waals surface area contributed by atoms with Gasteiger partial charge in [-0.05, 0) is 23.3 Å². The minimum absolute atomic E-state index is 0.0403. The molecule has 0 radical (unpaired) electrons. The van der Waals surface area contributed by atoms with Gasteiger partial charge in [0.2, 0.25) is 5.91 Å². The number of nitrogens with one attached hydrogen (secondary N) is 1. The Balaban J connectivity index is 1.62. The summed E-state index contributed by atoms with van der Waals surface area (Å²) in [6, 6.07) is 26.8. The van der Waals surface area contributed by atoms with Gasteiger partial charge in [-0.2, -0.15) is 0 Å². The number of nitrogens with zero attached hydrogens (tertiary/aromatic N) is 2. The van der Waals surface area contributed by atoms with Crippen LogP contribution >= 0.6 is 11.8 Å². The molecule has 4 aromatic rings. The molecule has 0 saturated carbocycles. The molecule has 0 fully saturated rings. The largest absolute Gasteiger partial charge is 0.481 e. The Morgan fingerprint density at radius 3 is 2.10 bits per heavy atom. The number of benzene rings is 3. The topological polar surface area (TPSA) is 84.2 Å². The van der Waals surface area contributed by atoms with Crippen LogP contribution in [0.3, 0.4) is 0 Å². The zero-order valence-corrected chi connectivity index (χ0v) is 17.5. The Labute approximate surface area is 183 Å². The summed E-state index contributed by atoms with van der Waals surface area (Å²) in [6.45, 7) is 0.0403. The number of hydrogen-bond acceptors (Lipinski definition) is 4. The second-order valence-corrected chi connectivity index (χ2v) is 7.92. The molecular weight excluding hydrogens is 410 g/mol. The number of amides is 1. The van der Waals surface area contributed by atoms with Gasteiger partial charge in [-0.3, -0.25) is 9.59 Å². The van der Waals surface area contributed by atoms with Gasteiger partial charge in [-0.25, -0.2) is 4.98 Å². The molecule has 1 aromatic heterocycles. The number of carbonyl (C=O) groups excluding carboxylic acids is 1. The lowest BCUT2D eigenvalue weighted by Crippen LogP contribution is -2.32. The number of imidazole rings is 1. The summed E-state index contributed by atoms with van der Waals surface area (Å²) < 4.78 is 1.77. The molecule has 3 aromatic carbocycles. The first-order valence-electron chi connectivity index (χ1n) is 9.81. The van der Waals surface area contributed by atoms with E-state index < -0.39 is 5.97 Å². The highest BCUT2D eigenvalue weighted by Crippen LogP contribution is 2.25. The van der Waals surface area contributed by atoms with E-state index in [-0.39, 0.29) is 24.2 Å². The van der Waals surface area contributed by atoms with Crippen LogP contribution in [0.4, 0.5) is 0 Å². The summed E-state index contributed by atoms with van der Waals surface area (Å²) in [6.07, 6.45) is 0. The van der Waals surface area contributed by atoms with Crippen molar-refractivity contribution in [3.05, 3.63) is 96.1 Å². The van der Waals surface area contributed by atoms with Gasteiger partial charge >= 0.3 is 5.97 Å². The van der Waals surface area contributed by atoms with Crippen molar-refractivity contribution >= 4 is 34.7 Å².